The number of ether oxygens (including phenoxy) is 2. The molecule has 1 N–H and O–H groups in total. The molecule has 5 nitrogen and oxygen atoms in total. The third-order valence-corrected chi connectivity index (χ3v) is 3.61. The minimum atomic E-state index is -0.199. The Morgan fingerprint density at radius 2 is 1.92 bits per heavy atom. The smallest absolute Gasteiger partial charge is 0.251 e. The second-order valence-electron chi connectivity index (χ2n) is 5.23. The summed E-state index contributed by atoms with van der Waals surface area (Å²) in [6.07, 6.45) is 0. The number of rotatable bonds is 6. The van der Waals surface area contributed by atoms with Crippen LogP contribution >= 0.6 is 0 Å². The van der Waals surface area contributed by atoms with Gasteiger partial charge in [-0.05, 0) is 49.7 Å². The first-order chi connectivity index (χ1) is 11.6. The molecule has 0 saturated heterocycles. The Morgan fingerprint density at radius 1 is 1.21 bits per heavy atom. The number of methoxy groups -OCH3 is 1. The highest BCUT2D eigenvalue weighted by Crippen LogP contribution is 2.28. The third kappa shape index (κ3) is 4.05. The normalized spacial score (nSPS) is 11.2. The van der Waals surface area contributed by atoms with Gasteiger partial charge in [-0.2, -0.15) is 5.26 Å². The highest BCUT2D eigenvalue weighted by molar-refractivity contribution is 5.95. The zero-order chi connectivity index (χ0) is 17.5. The van der Waals surface area contributed by atoms with Crippen molar-refractivity contribution in [3.8, 4) is 17.6 Å². The third-order valence-electron chi connectivity index (χ3n) is 3.61. The Kier molecular flexibility index (Phi) is 5.80. The quantitative estimate of drug-likeness (QED) is 0.883. The number of amides is 1. The number of nitrogens with one attached hydrogen (secondary N) is 1. The van der Waals surface area contributed by atoms with E-state index >= 15 is 0 Å². The average molecular weight is 324 g/mol. The van der Waals surface area contributed by atoms with E-state index < -0.39 is 0 Å². The van der Waals surface area contributed by atoms with Crippen LogP contribution in [0.2, 0.25) is 0 Å². The van der Waals surface area contributed by atoms with Crippen molar-refractivity contribution >= 4 is 5.91 Å². The van der Waals surface area contributed by atoms with Crippen LogP contribution in [0.3, 0.4) is 0 Å². The van der Waals surface area contributed by atoms with Gasteiger partial charge in [0.05, 0.1) is 31.4 Å². The summed E-state index contributed by atoms with van der Waals surface area (Å²) in [7, 11) is 1.56. The van der Waals surface area contributed by atoms with E-state index in [1.54, 1.807) is 37.4 Å². The Bertz CT molecular complexity index is 748. The lowest BCUT2D eigenvalue weighted by Crippen LogP contribution is -2.26. The lowest BCUT2D eigenvalue weighted by Gasteiger charge is -2.16. The summed E-state index contributed by atoms with van der Waals surface area (Å²) < 4.78 is 10.7. The van der Waals surface area contributed by atoms with Gasteiger partial charge in [0.2, 0.25) is 0 Å². The first-order valence-electron chi connectivity index (χ1n) is 7.70. The predicted molar refractivity (Wildman–Crippen MR) is 91.2 cm³/mol. The molecular weight excluding hydrogens is 304 g/mol. The molecule has 2 aromatic rings. The van der Waals surface area contributed by atoms with E-state index in [0.717, 1.165) is 5.56 Å². The summed E-state index contributed by atoms with van der Waals surface area (Å²) in [5.74, 6) is 0.933. The van der Waals surface area contributed by atoms with Crippen LogP contribution in [0.1, 0.15) is 41.4 Å². The fourth-order valence-electron chi connectivity index (χ4n) is 2.30. The molecule has 5 heteroatoms. The Balaban J connectivity index is 2.13. The second-order valence-corrected chi connectivity index (χ2v) is 5.23. The zero-order valence-electron chi connectivity index (χ0n) is 14.0. The van der Waals surface area contributed by atoms with Gasteiger partial charge in [-0.25, -0.2) is 0 Å². The predicted octanol–water partition coefficient (Wildman–Crippen LogP) is 3.46. The van der Waals surface area contributed by atoms with Crippen LogP contribution in [0.5, 0.6) is 11.5 Å². The number of benzene rings is 2. The second kappa shape index (κ2) is 8.02. The lowest BCUT2D eigenvalue weighted by atomic mass is 10.1. The van der Waals surface area contributed by atoms with Crippen molar-refractivity contribution < 1.29 is 14.3 Å². The first kappa shape index (κ1) is 17.4. The summed E-state index contributed by atoms with van der Waals surface area (Å²) in [6.45, 7) is 4.26. The maximum Gasteiger partial charge on any atom is 0.251 e. The van der Waals surface area contributed by atoms with Crippen molar-refractivity contribution in [3.63, 3.8) is 0 Å². The van der Waals surface area contributed by atoms with Crippen LogP contribution < -0.4 is 14.8 Å². The van der Waals surface area contributed by atoms with Gasteiger partial charge in [-0.1, -0.05) is 12.1 Å². The van der Waals surface area contributed by atoms with E-state index in [9.17, 15) is 4.79 Å². The molecule has 0 spiro atoms. The molecule has 0 heterocycles. The van der Waals surface area contributed by atoms with Crippen molar-refractivity contribution in [2.24, 2.45) is 0 Å². The molecule has 0 aliphatic carbocycles. The number of nitriles is 1. The van der Waals surface area contributed by atoms with Crippen LogP contribution in [0.25, 0.3) is 0 Å². The highest BCUT2D eigenvalue weighted by Gasteiger charge is 2.14. The molecule has 1 unspecified atom stereocenters. The van der Waals surface area contributed by atoms with Crippen molar-refractivity contribution in [1.29, 1.82) is 5.26 Å². The molecule has 0 radical (unpaired) electrons. The fourth-order valence-corrected chi connectivity index (χ4v) is 2.30. The van der Waals surface area contributed by atoms with Crippen LogP contribution in [0.15, 0.2) is 42.5 Å². The summed E-state index contributed by atoms with van der Waals surface area (Å²) in [6, 6.07) is 14.1. The molecular formula is C19H20N2O3. The Morgan fingerprint density at radius 3 is 2.50 bits per heavy atom. The monoisotopic (exact) mass is 324 g/mol. The number of carbonyl (C=O) groups excluding carboxylic acids is 1. The van der Waals surface area contributed by atoms with Crippen molar-refractivity contribution in [3.05, 3.63) is 59.2 Å². The highest BCUT2D eigenvalue weighted by atomic mass is 16.5. The van der Waals surface area contributed by atoms with Crippen molar-refractivity contribution in [1.82, 2.24) is 5.32 Å². The average Bonchev–Trinajstić information content (AvgIpc) is 2.62. The number of carbonyl (C=O) groups is 1. The van der Waals surface area contributed by atoms with Gasteiger partial charge in [-0.3, -0.25) is 4.79 Å². The summed E-state index contributed by atoms with van der Waals surface area (Å²) in [5, 5.41) is 11.8. The Hall–Kier alpha value is -3.00. The molecule has 0 fully saturated rings. The molecule has 0 aromatic heterocycles. The molecule has 1 atom stereocenters. The van der Waals surface area contributed by atoms with E-state index in [4.69, 9.17) is 14.7 Å². The number of nitrogens with zero attached hydrogens (tertiary/aromatic N) is 1. The molecule has 0 aliphatic heterocycles. The zero-order valence-corrected chi connectivity index (χ0v) is 14.0. The molecule has 0 bridgehead atoms. The van der Waals surface area contributed by atoms with E-state index in [1.807, 2.05) is 26.0 Å². The molecule has 0 saturated carbocycles. The minimum absolute atomic E-state index is 0.178. The van der Waals surface area contributed by atoms with E-state index in [2.05, 4.69) is 11.4 Å². The van der Waals surface area contributed by atoms with Crippen LogP contribution in [-0.2, 0) is 0 Å². The molecule has 124 valence electrons. The number of hydrogen-bond donors (Lipinski definition) is 1. The first-order valence-corrected chi connectivity index (χ1v) is 7.70. The molecule has 1 amide bonds. The lowest BCUT2D eigenvalue weighted by molar-refractivity contribution is 0.0939. The number of hydrogen-bond acceptors (Lipinski definition) is 4. The SMILES string of the molecule is CCOc1cc(C(=O)NC(C)c2ccc(C#N)cc2)ccc1OC. The van der Waals surface area contributed by atoms with Gasteiger partial charge in [0.1, 0.15) is 0 Å². The van der Waals surface area contributed by atoms with E-state index in [0.29, 0.717) is 29.2 Å². The van der Waals surface area contributed by atoms with Gasteiger partial charge >= 0.3 is 0 Å². The van der Waals surface area contributed by atoms with Gasteiger partial charge in [0.25, 0.3) is 5.91 Å². The van der Waals surface area contributed by atoms with Crippen molar-refractivity contribution in [2.75, 3.05) is 13.7 Å². The maximum atomic E-state index is 12.4. The van der Waals surface area contributed by atoms with Gasteiger partial charge in [-0.15, -0.1) is 0 Å². The van der Waals surface area contributed by atoms with Gasteiger partial charge in [0, 0.05) is 5.56 Å². The molecule has 0 aliphatic rings. The van der Waals surface area contributed by atoms with E-state index in [-0.39, 0.29) is 11.9 Å². The largest absolute Gasteiger partial charge is 0.493 e. The Labute approximate surface area is 141 Å². The van der Waals surface area contributed by atoms with Gasteiger partial charge < -0.3 is 14.8 Å². The van der Waals surface area contributed by atoms with Crippen LogP contribution in [-0.4, -0.2) is 19.6 Å². The van der Waals surface area contributed by atoms with Crippen molar-refractivity contribution in [2.45, 2.75) is 19.9 Å². The maximum absolute atomic E-state index is 12.4. The fraction of sp³-hybridized carbons (Fsp3) is 0.263. The molecule has 24 heavy (non-hydrogen) atoms. The van der Waals surface area contributed by atoms with Crippen LogP contribution in [0.4, 0.5) is 0 Å². The minimum Gasteiger partial charge on any atom is -0.493 e. The summed E-state index contributed by atoms with van der Waals surface area (Å²) >= 11 is 0. The van der Waals surface area contributed by atoms with Crippen LogP contribution in [0, 0.1) is 11.3 Å². The summed E-state index contributed by atoms with van der Waals surface area (Å²) in [5.41, 5.74) is 2.02. The molecule has 2 rings (SSSR count). The topological polar surface area (TPSA) is 71.3 Å². The van der Waals surface area contributed by atoms with E-state index in [1.165, 1.54) is 0 Å². The van der Waals surface area contributed by atoms with Gasteiger partial charge in [0.15, 0.2) is 11.5 Å². The molecule has 2 aromatic carbocycles. The summed E-state index contributed by atoms with van der Waals surface area (Å²) in [4.78, 5) is 12.4. The standard InChI is InChI=1S/C19H20N2O3/c1-4-24-18-11-16(9-10-17(18)23-3)19(22)21-13(2)15-7-5-14(12-20)6-8-15/h5-11,13H,4H2,1-3H3,(H,21,22).